The van der Waals surface area contributed by atoms with Gasteiger partial charge < -0.3 is 14.6 Å². The number of H-pyrrole nitrogens is 1. The summed E-state index contributed by atoms with van der Waals surface area (Å²) < 4.78 is 36.6. The van der Waals surface area contributed by atoms with E-state index in [0.717, 1.165) is 53.1 Å². The highest BCUT2D eigenvalue weighted by Crippen LogP contribution is 2.31. The van der Waals surface area contributed by atoms with Gasteiger partial charge in [-0.15, -0.1) is 0 Å². The van der Waals surface area contributed by atoms with Gasteiger partial charge in [0.05, 0.1) is 18.1 Å². The zero-order chi connectivity index (χ0) is 29.2. The summed E-state index contributed by atoms with van der Waals surface area (Å²) in [6.07, 6.45) is 7.62. The van der Waals surface area contributed by atoms with Crippen molar-refractivity contribution in [2.24, 2.45) is 0 Å². The number of allylic oxidation sites excluding steroid dienone is 5. The first-order valence-electron chi connectivity index (χ1n) is 13.6. The van der Waals surface area contributed by atoms with Gasteiger partial charge in [-0.05, 0) is 84.4 Å². The first-order valence-corrected chi connectivity index (χ1v) is 16.0. The number of aromatic amines is 1. The van der Waals surface area contributed by atoms with Crippen molar-refractivity contribution < 1.29 is 23.0 Å². The van der Waals surface area contributed by atoms with Crippen LogP contribution in [0.5, 0.6) is 11.6 Å². The molecular weight excluding hydrogens is 558 g/mol. The van der Waals surface area contributed by atoms with Gasteiger partial charge >= 0.3 is 4.87 Å². The number of thiazole rings is 1. The normalized spacial score (nSPS) is 15.0. The highest BCUT2D eigenvalue weighted by Gasteiger charge is 2.18. The third-order valence-electron chi connectivity index (χ3n) is 6.52. The minimum atomic E-state index is -3.37. The van der Waals surface area contributed by atoms with Gasteiger partial charge in [-0.1, -0.05) is 61.1 Å². The molecule has 4 rings (SSSR count). The molecule has 0 radical (unpaired) electrons. The number of sulfone groups is 1. The van der Waals surface area contributed by atoms with Gasteiger partial charge in [0, 0.05) is 17.2 Å². The van der Waals surface area contributed by atoms with Crippen molar-refractivity contribution in [2.75, 3.05) is 13.2 Å². The van der Waals surface area contributed by atoms with Gasteiger partial charge in [-0.3, -0.25) is 9.78 Å². The Hall–Kier alpha value is -3.82. The number of aromatic hydroxyl groups is 1. The Morgan fingerprint density at radius 3 is 2.46 bits per heavy atom. The van der Waals surface area contributed by atoms with Crippen LogP contribution in [0.1, 0.15) is 45.1 Å². The molecular formula is C32H35NO6S2. The number of aryl methyl sites for hydroxylation is 1. The van der Waals surface area contributed by atoms with E-state index in [0.29, 0.717) is 42.3 Å². The fourth-order valence-corrected chi connectivity index (χ4v) is 6.49. The quantitative estimate of drug-likeness (QED) is 0.118. The summed E-state index contributed by atoms with van der Waals surface area (Å²) >= 11 is 0.955. The minimum absolute atomic E-state index is 0.132. The first kappa shape index (κ1) is 30.1. The molecule has 0 atom stereocenters. The molecule has 0 aliphatic carbocycles. The van der Waals surface area contributed by atoms with Crippen LogP contribution < -0.4 is 9.61 Å². The van der Waals surface area contributed by atoms with Crippen molar-refractivity contribution in [1.82, 2.24) is 4.98 Å². The van der Waals surface area contributed by atoms with E-state index in [1.54, 1.807) is 24.3 Å². The molecule has 0 bridgehead atoms. The van der Waals surface area contributed by atoms with Crippen LogP contribution in [0.3, 0.4) is 0 Å². The molecule has 2 N–H and O–H groups in total. The largest absolute Gasteiger partial charge is 0.494 e. The molecule has 3 aromatic rings. The molecule has 0 unspecified atom stereocenters. The van der Waals surface area contributed by atoms with E-state index < -0.39 is 9.84 Å². The molecule has 1 aliphatic heterocycles. The number of hydrogen-bond donors (Lipinski definition) is 2. The highest BCUT2D eigenvalue weighted by molar-refractivity contribution is 7.97. The van der Waals surface area contributed by atoms with Gasteiger partial charge in [0.15, 0.2) is 9.84 Å². The molecule has 216 valence electrons. The first-order chi connectivity index (χ1) is 19.7. The third kappa shape index (κ3) is 8.83. The Balaban J connectivity index is 1.32. The summed E-state index contributed by atoms with van der Waals surface area (Å²) in [5.74, 6) is 1.29. The molecule has 0 saturated carbocycles. The highest BCUT2D eigenvalue weighted by atomic mass is 32.2. The Kier molecular flexibility index (Phi) is 10.4. The molecule has 1 aliphatic rings. The number of aromatic nitrogens is 1. The molecule has 7 nitrogen and oxygen atoms in total. The van der Waals surface area contributed by atoms with Crippen LogP contribution in [0, 0.1) is 0 Å². The van der Waals surface area contributed by atoms with E-state index in [4.69, 9.17) is 9.47 Å². The average Bonchev–Trinajstić information content (AvgIpc) is 3.45. The van der Waals surface area contributed by atoms with Crippen molar-refractivity contribution in [2.45, 2.75) is 46.0 Å². The van der Waals surface area contributed by atoms with Crippen molar-refractivity contribution in [3.05, 3.63) is 115 Å². The fourth-order valence-electron chi connectivity index (χ4n) is 4.45. The van der Waals surface area contributed by atoms with E-state index >= 15 is 0 Å². The monoisotopic (exact) mass is 593 g/mol. The zero-order valence-electron chi connectivity index (χ0n) is 23.3. The number of nitrogens with one attached hydrogen (secondary N) is 1. The number of hydrogen-bond acceptors (Lipinski definition) is 7. The Labute approximate surface area is 245 Å². The smallest absolute Gasteiger partial charge is 0.307 e. The summed E-state index contributed by atoms with van der Waals surface area (Å²) in [6.45, 7) is 5.03. The Morgan fingerprint density at radius 2 is 1.78 bits per heavy atom. The van der Waals surface area contributed by atoms with Gasteiger partial charge in [0.2, 0.25) is 5.88 Å². The average molecular weight is 594 g/mol. The van der Waals surface area contributed by atoms with Gasteiger partial charge in [-0.25, -0.2) is 8.42 Å². The zero-order valence-corrected chi connectivity index (χ0v) is 24.9. The second-order valence-corrected chi connectivity index (χ2v) is 12.4. The van der Waals surface area contributed by atoms with Crippen LogP contribution in [0.25, 0.3) is 10.4 Å². The molecule has 41 heavy (non-hydrogen) atoms. The minimum Gasteiger partial charge on any atom is -0.494 e. The van der Waals surface area contributed by atoms with Gasteiger partial charge in [-0.2, -0.15) is 0 Å². The number of benzene rings is 2. The summed E-state index contributed by atoms with van der Waals surface area (Å²) in [7, 11) is -3.37. The lowest BCUT2D eigenvalue weighted by Crippen LogP contribution is -2.04. The molecule has 1 aromatic heterocycles. The van der Waals surface area contributed by atoms with E-state index in [-0.39, 0.29) is 10.8 Å². The van der Waals surface area contributed by atoms with E-state index in [1.807, 2.05) is 49.4 Å². The summed E-state index contributed by atoms with van der Waals surface area (Å²) in [6, 6.07) is 17.2. The number of ether oxygens (including phenoxy) is 2. The topological polar surface area (TPSA) is 106 Å². The molecule has 9 heteroatoms. The van der Waals surface area contributed by atoms with Crippen molar-refractivity contribution >= 4 is 21.2 Å². The van der Waals surface area contributed by atoms with Gasteiger partial charge in [0.25, 0.3) is 0 Å². The predicted octanol–water partition coefficient (Wildman–Crippen LogP) is 7.05. The van der Waals surface area contributed by atoms with Crippen molar-refractivity contribution in [3.63, 3.8) is 0 Å². The predicted molar refractivity (Wildman–Crippen MR) is 165 cm³/mol. The fraction of sp³-hybridized carbons (Fsp3) is 0.281. The molecule has 0 saturated heterocycles. The van der Waals surface area contributed by atoms with Crippen LogP contribution in [-0.2, 0) is 21.0 Å². The van der Waals surface area contributed by atoms with Crippen LogP contribution in [-0.4, -0.2) is 31.7 Å². The van der Waals surface area contributed by atoms with Crippen LogP contribution in [0.4, 0.5) is 0 Å². The Morgan fingerprint density at radius 1 is 1.02 bits per heavy atom. The Bertz CT molecular complexity index is 1610. The van der Waals surface area contributed by atoms with E-state index in [1.165, 1.54) is 16.4 Å². The SMILES string of the molecule is CCCC(C)=C(C=CC1=CS(=O)(=O)C=C1CCc1ccccc1)OCCCOc1ccc(-c2sc(=O)[nH]c2O)cc1. The van der Waals surface area contributed by atoms with Crippen LogP contribution in [0.15, 0.2) is 105 Å². The molecule has 0 amide bonds. The van der Waals surface area contributed by atoms with Gasteiger partial charge in [0.1, 0.15) is 11.5 Å². The van der Waals surface area contributed by atoms with E-state index in [2.05, 4.69) is 11.9 Å². The summed E-state index contributed by atoms with van der Waals surface area (Å²) in [4.78, 5) is 14.0. The second kappa shape index (κ2) is 14.2. The lowest BCUT2D eigenvalue weighted by molar-refractivity contribution is 0.189. The lowest BCUT2D eigenvalue weighted by atomic mass is 10.00. The lowest BCUT2D eigenvalue weighted by Gasteiger charge is -2.12. The maximum atomic E-state index is 12.3. The molecule has 0 fully saturated rings. The van der Waals surface area contributed by atoms with Crippen LogP contribution >= 0.6 is 11.3 Å². The maximum Gasteiger partial charge on any atom is 0.307 e. The second-order valence-electron chi connectivity index (χ2n) is 9.79. The van der Waals surface area contributed by atoms with Crippen LogP contribution in [0.2, 0.25) is 0 Å². The standard InChI is InChI=1S/C32H35NO6S2/c1-3-8-23(2)29(18-15-27-22-41(36,37)21-26(27)12-11-24-9-5-4-6-10-24)39-20-7-19-38-28-16-13-25(14-17-28)30-31(34)33-32(35)40-30/h4-6,9-10,13-18,21-22,34H,3,7-8,11-12,19-20H2,1-2H3,(H,33,35). The molecule has 2 aromatic carbocycles. The number of rotatable bonds is 14. The summed E-state index contributed by atoms with van der Waals surface area (Å²) in [5.41, 5.74) is 4.50. The maximum absolute atomic E-state index is 12.3. The van der Waals surface area contributed by atoms with E-state index in [9.17, 15) is 18.3 Å². The van der Waals surface area contributed by atoms with Crippen molar-refractivity contribution in [1.29, 1.82) is 0 Å². The molecule has 0 spiro atoms. The van der Waals surface area contributed by atoms with Crippen molar-refractivity contribution in [3.8, 4) is 22.1 Å². The molecule has 2 heterocycles. The summed E-state index contributed by atoms with van der Waals surface area (Å²) in [5, 5.41) is 12.5. The third-order valence-corrected chi connectivity index (χ3v) is 8.63.